The van der Waals surface area contributed by atoms with Crippen molar-refractivity contribution in [3.8, 4) is 17.2 Å². The van der Waals surface area contributed by atoms with Gasteiger partial charge in [0, 0.05) is 42.4 Å². The average molecular weight is 333 g/mol. The summed E-state index contributed by atoms with van der Waals surface area (Å²) < 4.78 is 13.3. The van der Waals surface area contributed by atoms with Gasteiger partial charge in [-0.2, -0.15) is 0 Å². The highest BCUT2D eigenvalue weighted by atomic mass is 16.5. The van der Waals surface area contributed by atoms with Gasteiger partial charge in [-0.05, 0) is 18.6 Å². The Hall–Kier alpha value is -3.34. The van der Waals surface area contributed by atoms with Crippen molar-refractivity contribution in [1.29, 1.82) is 0 Å². The standard InChI is InChI=1S/C20H19N3O2/c1-4-22-20(19-8-6-5-7-15(19)2)25-18-12-16(11-17(13-18)24-3)23-10-9-21-14-23/h4-14H,1H2,2-3H3/b22-20+. The number of nitrogens with zero attached hydrogens (tertiary/aromatic N) is 3. The van der Waals surface area contributed by atoms with Crippen LogP contribution in [0, 0.1) is 6.92 Å². The molecule has 3 rings (SSSR count). The molecule has 0 unspecified atom stereocenters. The number of benzene rings is 2. The molecule has 0 N–H and O–H groups in total. The van der Waals surface area contributed by atoms with Gasteiger partial charge in [0.1, 0.15) is 11.5 Å². The zero-order valence-corrected chi connectivity index (χ0v) is 14.2. The first-order valence-electron chi connectivity index (χ1n) is 7.81. The SMILES string of the molecule is C=C/N=C(/Oc1cc(OC)cc(-n2ccnc2)c1)c1ccccc1C. The zero-order chi connectivity index (χ0) is 17.6. The lowest BCUT2D eigenvalue weighted by Crippen LogP contribution is -2.12. The molecule has 0 saturated heterocycles. The maximum Gasteiger partial charge on any atom is 0.226 e. The van der Waals surface area contributed by atoms with Crippen LogP contribution in [-0.4, -0.2) is 22.6 Å². The molecular formula is C20H19N3O2. The third-order valence-electron chi connectivity index (χ3n) is 3.70. The van der Waals surface area contributed by atoms with E-state index in [0.29, 0.717) is 17.4 Å². The summed E-state index contributed by atoms with van der Waals surface area (Å²) >= 11 is 0. The molecule has 1 aromatic heterocycles. The van der Waals surface area contributed by atoms with Crippen LogP contribution in [0.25, 0.3) is 5.69 Å². The van der Waals surface area contributed by atoms with Crippen LogP contribution in [0.4, 0.5) is 0 Å². The molecule has 0 aliphatic carbocycles. The van der Waals surface area contributed by atoms with E-state index in [2.05, 4.69) is 16.6 Å². The number of hydrogen-bond acceptors (Lipinski definition) is 4. The first-order chi connectivity index (χ1) is 12.2. The van der Waals surface area contributed by atoms with Gasteiger partial charge < -0.3 is 14.0 Å². The second kappa shape index (κ2) is 7.49. The first-order valence-corrected chi connectivity index (χ1v) is 7.81. The Kier molecular flexibility index (Phi) is 4.95. The quantitative estimate of drug-likeness (QED) is 0.520. The van der Waals surface area contributed by atoms with E-state index in [1.54, 1.807) is 19.6 Å². The second-order valence-electron chi connectivity index (χ2n) is 5.37. The van der Waals surface area contributed by atoms with Crippen molar-refractivity contribution in [2.45, 2.75) is 6.92 Å². The lowest BCUT2D eigenvalue weighted by atomic mass is 10.1. The minimum Gasteiger partial charge on any atom is -0.497 e. The lowest BCUT2D eigenvalue weighted by molar-refractivity contribution is 0.411. The summed E-state index contributed by atoms with van der Waals surface area (Å²) in [6, 6.07) is 13.5. The highest BCUT2D eigenvalue weighted by molar-refractivity contribution is 5.97. The molecule has 0 radical (unpaired) electrons. The van der Waals surface area contributed by atoms with Gasteiger partial charge in [-0.25, -0.2) is 9.98 Å². The second-order valence-corrected chi connectivity index (χ2v) is 5.37. The Balaban J connectivity index is 2.00. The van der Waals surface area contributed by atoms with Gasteiger partial charge in [0.2, 0.25) is 5.90 Å². The van der Waals surface area contributed by atoms with E-state index in [1.807, 2.05) is 60.2 Å². The van der Waals surface area contributed by atoms with Crippen LogP contribution in [0.5, 0.6) is 11.5 Å². The molecule has 0 saturated carbocycles. The fourth-order valence-electron chi connectivity index (χ4n) is 2.45. The van der Waals surface area contributed by atoms with Crippen LogP contribution in [0.1, 0.15) is 11.1 Å². The van der Waals surface area contributed by atoms with Crippen molar-refractivity contribution in [2.75, 3.05) is 7.11 Å². The van der Waals surface area contributed by atoms with E-state index in [0.717, 1.165) is 16.8 Å². The van der Waals surface area contributed by atoms with Crippen molar-refractivity contribution < 1.29 is 9.47 Å². The van der Waals surface area contributed by atoms with E-state index < -0.39 is 0 Å². The van der Waals surface area contributed by atoms with Crippen LogP contribution < -0.4 is 9.47 Å². The number of aliphatic imine (C=N–C) groups is 1. The van der Waals surface area contributed by atoms with Gasteiger partial charge >= 0.3 is 0 Å². The fraction of sp³-hybridized carbons (Fsp3) is 0.100. The van der Waals surface area contributed by atoms with Gasteiger partial charge in [-0.3, -0.25) is 0 Å². The molecule has 2 aromatic carbocycles. The van der Waals surface area contributed by atoms with Gasteiger partial charge in [0.05, 0.1) is 19.1 Å². The number of rotatable bonds is 5. The van der Waals surface area contributed by atoms with Gasteiger partial charge in [0.25, 0.3) is 0 Å². The van der Waals surface area contributed by atoms with Gasteiger partial charge in [0.15, 0.2) is 0 Å². The topological polar surface area (TPSA) is 48.6 Å². The van der Waals surface area contributed by atoms with E-state index in [4.69, 9.17) is 9.47 Å². The predicted octanol–water partition coefficient (Wildman–Crippen LogP) is 4.16. The summed E-state index contributed by atoms with van der Waals surface area (Å²) in [6.07, 6.45) is 6.77. The summed E-state index contributed by atoms with van der Waals surface area (Å²) in [7, 11) is 1.62. The third kappa shape index (κ3) is 3.77. The van der Waals surface area contributed by atoms with Crippen molar-refractivity contribution in [2.24, 2.45) is 4.99 Å². The molecule has 0 atom stereocenters. The number of aromatic nitrogens is 2. The van der Waals surface area contributed by atoms with E-state index in [1.165, 1.54) is 6.20 Å². The molecule has 0 bridgehead atoms. The minimum absolute atomic E-state index is 0.484. The highest BCUT2D eigenvalue weighted by Gasteiger charge is 2.11. The lowest BCUT2D eigenvalue weighted by Gasteiger charge is -2.13. The molecule has 0 aliphatic heterocycles. The third-order valence-corrected chi connectivity index (χ3v) is 3.70. The molecule has 5 heteroatoms. The number of imidazole rings is 1. The van der Waals surface area contributed by atoms with E-state index in [9.17, 15) is 0 Å². The molecule has 5 nitrogen and oxygen atoms in total. The van der Waals surface area contributed by atoms with E-state index in [-0.39, 0.29) is 0 Å². The van der Waals surface area contributed by atoms with Gasteiger partial charge in [-0.1, -0.05) is 24.8 Å². The van der Waals surface area contributed by atoms with Crippen LogP contribution >= 0.6 is 0 Å². The average Bonchev–Trinajstić information content (AvgIpc) is 3.16. The molecule has 1 heterocycles. The van der Waals surface area contributed by atoms with Crippen LogP contribution in [0.3, 0.4) is 0 Å². The zero-order valence-electron chi connectivity index (χ0n) is 14.2. The van der Waals surface area contributed by atoms with Crippen LogP contribution in [0.2, 0.25) is 0 Å². The normalized spacial score (nSPS) is 11.2. The summed E-state index contributed by atoms with van der Waals surface area (Å²) in [6.45, 7) is 5.70. The molecule has 126 valence electrons. The van der Waals surface area contributed by atoms with Crippen molar-refractivity contribution in [1.82, 2.24) is 9.55 Å². The molecular weight excluding hydrogens is 314 g/mol. The van der Waals surface area contributed by atoms with Crippen molar-refractivity contribution in [3.05, 3.63) is 85.1 Å². The molecule has 0 amide bonds. The fourth-order valence-corrected chi connectivity index (χ4v) is 2.45. The maximum absolute atomic E-state index is 6.07. The Morgan fingerprint density at radius 2 is 2.00 bits per heavy atom. The number of ether oxygens (including phenoxy) is 2. The Bertz CT molecular complexity index is 899. The first kappa shape index (κ1) is 16.5. The van der Waals surface area contributed by atoms with Gasteiger partial charge in [-0.15, -0.1) is 0 Å². The minimum atomic E-state index is 0.484. The number of hydrogen-bond donors (Lipinski definition) is 0. The van der Waals surface area contributed by atoms with Crippen LogP contribution in [0.15, 0.2) is 79.0 Å². The maximum atomic E-state index is 6.07. The molecule has 0 aliphatic rings. The molecule has 0 fully saturated rings. The summed E-state index contributed by atoms with van der Waals surface area (Å²) in [5, 5.41) is 0. The van der Waals surface area contributed by atoms with Crippen molar-refractivity contribution in [3.63, 3.8) is 0 Å². The largest absolute Gasteiger partial charge is 0.497 e. The Morgan fingerprint density at radius 1 is 1.20 bits per heavy atom. The highest BCUT2D eigenvalue weighted by Crippen LogP contribution is 2.26. The predicted molar refractivity (Wildman–Crippen MR) is 98.7 cm³/mol. The molecule has 0 spiro atoms. The van der Waals surface area contributed by atoms with E-state index >= 15 is 0 Å². The van der Waals surface area contributed by atoms with Crippen molar-refractivity contribution >= 4 is 5.90 Å². The Morgan fingerprint density at radius 3 is 2.68 bits per heavy atom. The smallest absolute Gasteiger partial charge is 0.226 e. The monoisotopic (exact) mass is 333 g/mol. The number of methoxy groups -OCH3 is 1. The Labute approximate surface area is 146 Å². The summed E-state index contributed by atoms with van der Waals surface area (Å²) in [5.41, 5.74) is 2.87. The molecule has 3 aromatic rings. The molecule has 25 heavy (non-hydrogen) atoms. The summed E-state index contributed by atoms with van der Waals surface area (Å²) in [4.78, 5) is 8.37. The summed E-state index contributed by atoms with van der Waals surface area (Å²) in [5.74, 6) is 1.79. The number of aryl methyl sites for hydroxylation is 1. The van der Waals surface area contributed by atoms with Crippen LogP contribution in [-0.2, 0) is 0 Å².